The van der Waals surface area contributed by atoms with Crippen LogP contribution in [0.3, 0.4) is 0 Å². The summed E-state index contributed by atoms with van der Waals surface area (Å²) in [5, 5.41) is 23.0. The molecule has 2 atom stereocenters. The molecule has 4 heteroatoms. The summed E-state index contributed by atoms with van der Waals surface area (Å²) in [7, 11) is 0. The number of aliphatic hydroxyl groups excluding tert-OH is 2. The normalized spacial score (nSPS) is 14.0. The van der Waals surface area contributed by atoms with E-state index < -0.39 is 12.1 Å². The van der Waals surface area contributed by atoms with Gasteiger partial charge >= 0.3 is 0 Å². The Balaban J connectivity index is 3.72. The quantitative estimate of drug-likeness (QED) is 0.0442. The minimum atomic E-state index is -0.881. The van der Waals surface area contributed by atoms with Gasteiger partial charge in [0.25, 0.3) is 0 Å². The van der Waals surface area contributed by atoms with Gasteiger partial charge in [0.05, 0.1) is 18.8 Å². The first-order valence-corrected chi connectivity index (χ1v) is 21.5. The second-order valence-corrected chi connectivity index (χ2v) is 14.0. The highest BCUT2D eigenvalue weighted by molar-refractivity contribution is 5.76. The second-order valence-electron chi connectivity index (χ2n) is 14.0. The van der Waals surface area contributed by atoms with Crippen molar-refractivity contribution in [1.82, 2.24) is 5.32 Å². The summed E-state index contributed by atoms with van der Waals surface area (Å²) in [5.41, 5.74) is 0. The second kappa shape index (κ2) is 42.7. The third-order valence-corrected chi connectivity index (χ3v) is 9.03. The van der Waals surface area contributed by atoms with Crippen LogP contribution >= 0.6 is 0 Å². The first kappa shape index (κ1) is 49.3. The summed E-state index contributed by atoms with van der Waals surface area (Å²) >= 11 is 0. The molecule has 52 heavy (non-hydrogen) atoms. The minimum absolute atomic E-state index is 0.0945. The lowest BCUT2D eigenvalue weighted by molar-refractivity contribution is -0.123. The van der Waals surface area contributed by atoms with Crippen molar-refractivity contribution in [2.75, 3.05) is 6.61 Å². The lowest BCUT2D eigenvalue weighted by Gasteiger charge is -2.19. The fourth-order valence-corrected chi connectivity index (χ4v) is 5.76. The molecule has 0 saturated heterocycles. The minimum Gasteiger partial charge on any atom is -0.394 e. The maximum Gasteiger partial charge on any atom is 0.220 e. The average molecular weight is 720 g/mol. The van der Waals surface area contributed by atoms with E-state index in [2.05, 4.69) is 104 Å². The maximum absolute atomic E-state index is 12.4. The predicted octanol–water partition coefficient (Wildman–Crippen LogP) is 13.5. The molecular weight excluding hydrogens is 639 g/mol. The van der Waals surface area contributed by atoms with Crippen molar-refractivity contribution >= 4 is 5.91 Å². The molecule has 0 aliphatic rings. The number of nitrogens with one attached hydrogen (secondary N) is 1. The fourth-order valence-electron chi connectivity index (χ4n) is 5.76. The lowest BCUT2D eigenvalue weighted by Crippen LogP contribution is -2.45. The van der Waals surface area contributed by atoms with Crippen molar-refractivity contribution in [2.45, 2.75) is 193 Å². The van der Waals surface area contributed by atoms with Crippen LogP contribution in [0.1, 0.15) is 181 Å². The Labute approximate surface area is 322 Å². The van der Waals surface area contributed by atoms with E-state index in [4.69, 9.17) is 0 Å². The molecule has 0 radical (unpaired) electrons. The van der Waals surface area contributed by atoms with Gasteiger partial charge in [0.15, 0.2) is 0 Å². The van der Waals surface area contributed by atoms with Crippen LogP contribution in [0.2, 0.25) is 0 Å². The van der Waals surface area contributed by atoms with Crippen LogP contribution in [-0.2, 0) is 4.79 Å². The van der Waals surface area contributed by atoms with Gasteiger partial charge in [-0.2, -0.15) is 0 Å². The molecule has 0 heterocycles. The van der Waals surface area contributed by atoms with Gasteiger partial charge in [0, 0.05) is 6.42 Å². The first-order valence-electron chi connectivity index (χ1n) is 21.5. The molecule has 4 nitrogen and oxygen atoms in total. The molecule has 3 N–H and O–H groups in total. The van der Waals surface area contributed by atoms with E-state index in [0.29, 0.717) is 6.42 Å². The van der Waals surface area contributed by atoms with Crippen molar-refractivity contribution in [1.29, 1.82) is 0 Å². The van der Waals surface area contributed by atoms with Gasteiger partial charge in [-0.15, -0.1) is 0 Å². The summed E-state index contributed by atoms with van der Waals surface area (Å²) in [4.78, 5) is 12.4. The Bertz CT molecular complexity index is 999. The van der Waals surface area contributed by atoms with E-state index in [0.717, 1.165) is 83.5 Å². The Morgan fingerprint density at radius 2 is 0.865 bits per heavy atom. The summed E-state index contributed by atoms with van der Waals surface area (Å²) in [6.07, 6.45) is 63.6. The van der Waals surface area contributed by atoms with Gasteiger partial charge in [-0.3, -0.25) is 4.79 Å². The molecule has 0 aromatic carbocycles. The molecule has 2 unspecified atom stereocenters. The molecule has 0 spiro atoms. The molecule has 0 fully saturated rings. The first-order chi connectivity index (χ1) is 25.7. The Kier molecular flexibility index (Phi) is 40.5. The Hall–Kier alpha value is -2.69. The molecule has 1 amide bonds. The molecule has 0 aromatic rings. The largest absolute Gasteiger partial charge is 0.394 e. The molecule has 0 aliphatic carbocycles. The number of hydrogen-bond acceptors (Lipinski definition) is 3. The van der Waals surface area contributed by atoms with E-state index in [-0.39, 0.29) is 12.5 Å². The molecule has 296 valence electrons. The standard InChI is InChI=1S/C48H81NO3/c1-3-5-7-9-11-13-15-17-19-21-22-23-24-25-26-28-30-32-34-36-38-40-42-44-48(52)49-46(45-50)47(51)43-41-39-37-35-33-31-29-27-20-18-16-14-12-10-8-6-4-2/h5,7,11,13,17,19-20,22-23,25-27,33,35,41,43,46-47,50-51H,3-4,6,8-10,12,14-16,18,21,24,28-32,34,36-40,42,44-45H2,1-2H3,(H,49,52)/b7-5-,13-11-,19-17-,23-22-,26-25-,27-20+,35-33+,43-41+. The lowest BCUT2D eigenvalue weighted by atomic mass is 10.1. The third-order valence-electron chi connectivity index (χ3n) is 9.03. The van der Waals surface area contributed by atoms with Gasteiger partial charge in [0.1, 0.15) is 0 Å². The van der Waals surface area contributed by atoms with Crippen LogP contribution in [-0.4, -0.2) is 34.9 Å². The highest BCUT2D eigenvalue weighted by atomic mass is 16.3. The molecule has 0 aliphatic heterocycles. The number of rotatable bonds is 37. The predicted molar refractivity (Wildman–Crippen MR) is 230 cm³/mol. The molecule has 0 rings (SSSR count). The van der Waals surface area contributed by atoms with Crippen molar-refractivity contribution in [3.63, 3.8) is 0 Å². The van der Waals surface area contributed by atoms with Crippen LogP contribution in [0.25, 0.3) is 0 Å². The smallest absolute Gasteiger partial charge is 0.220 e. The zero-order valence-electron chi connectivity index (χ0n) is 33.8. The van der Waals surface area contributed by atoms with Gasteiger partial charge in [-0.05, 0) is 89.9 Å². The van der Waals surface area contributed by atoms with Crippen LogP contribution in [0, 0.1) is 0 Å². The summed E-state index contributed by atoms with van der Waals surface area (Å²) in [6, 6.07) is -0.657. The van der Waals surface area contributed by atoms with Gasteiger partial charge in [-0.25, -0.2) is 0 Å². The maximum atomic E-state index is 12.4. The van der Waals surface area contributed by atoms with Crippen LogP contribution in [0.5, 0.6) is 0 Å². The highest BCUT2D eigenvalue weighted by Crippen LogP contribution is 2.11. The van der Waals surface area contributed by atoms with Gasteiger partial charge < -0.3 is 15.5 Å². The summed E-state index contributed by atoms with van der Waals surface area (Å²) in [6.45, 7) is 4.15. The van der Waals surface area contributed by atoms with Crippen LogP contribution in [0.15, 0.2) is 97.2 Å². The van der Waals surface area contributed by atoms with Crippen molar-refractivity contribution in [3.8, 4) is 0 Å². The Morgan fingerprint density at radius 3 is 1.35 bits per heavy atom. The van der Waals surface area contributed by atoms with Gasteiger partial charge in [0.2, 0.25) is 5.91 Å². The average Bonchev–Trinajstić information content (AvgIpc) is 3.15. The van der Waals surface area contributed by atoms with E-state index in [1.807, 2.05) is 6.08 Å². The SMILES string of the molecule is CC/C=C\C/C=C\C/C=C\C/C=C\C/C=C\CCCCCCCCCC(=O)NC(CO)C(O)/C=C/CC/C=C/CC/C=C/CCCCCCCCC. The monoisotopic (exact) mass is 720 g/mol. The number of carbonyl (C=O) groups is 1. The number of unbranched alkanes of at least 4 members (excludes halogenated alkanes) is 16. The zero-order chi connectivity index (χ0) is 37.8. The van der Waals surface area contributed by atoms with Crippen molar-refractivity contribution < 1.29 is 15.0 Å². The number of aliphatic hydroxyl groups is 2. The molecule has 0 saturated carbocycles. The van der Waals surface area contributed by atoms with Crippen molar-refractivity contribution in [3.05, 3.63) is 97.2 Å². The summed E-state index contributed by atoms with van der Waals surface area (Å²) in [5.74, 6) is -0.0945. The number of amides is 1. The third kappa shape index (κ3) is 38.5. The van der Waals surface area contributed by atoms with Crippen molar-refractivity contribution in [2.24, 2.45) is 0 Å². The van der Waals surface area contributed by atoms with E-state index in [1.165, 1.54) is 77.0 Å². The summed E-state index contributed by atoms with van der Waals surface area (Å²) < 4.78 is 0. The highest BCUT2D eigenvalue weighted by Gasteiger charge is 2.17. The number of hydrogen-bond donors (Lipinski definition) is 3. The zero-order valence-corrected chi connectivity index (χ0v) is 33.8. The van der Waals surface area contributed by atoms with Crippen LogP contribution < -0.4 is 5.32 Å². The van der Waals surface area contributed by atoms with Crippen LogP contribution in [0.4, 0.5) is 0 Å². The van der Waals surface area contributed by atoms with E-state index >= 15 is 0 Å². The molecule has 0 bridgehead atoms. The number of allylic oxidation sites excluding steroid dienone is 15. The molecular formula is C48H81NO3. The fraction of sp³-hybridized carbons (Fsp3) is 0.646. The van der Waals surface area contributed by atoms with Gasteiger partial charge in [-0.1, -0.05) is 182 Å². The van der Waals surface area contributed by atoms with E-state index in [1.54, 1.807) is 6.08 Å². The topological polar surface area (TPSA) is 69.6 Å². The molecule has 0 aromatic heterocycles. The number of carbonyl (C=O) groups excluding carboxylic acids is 1. The Morgan fingerprint density at radius 1 is 0.481 bits per heavy atom. The van der Waals surface area contributed by atoms with E-state index in [9.17, 15) is 15.0 Å².